The Morgan fingerprint density at radius 1 is 1.29 bits per heavy atom. The van der Waals surface area contributed by atoms with Crippen LogP contribution in [0.4, 0.5) is 4.79 Å². The van der Waals surface area contributed by atoms with Crippen molar-refractivity contribution in [2.24, 2.45) is 10.8 Å². The van der Waals surface area contributed by atoms with E-state index in [2.05, 4.69) is 5.32 Å². The normalized spacial score (nSPS) is 27.0. The van der Waals surface area contributed by atoms with Gasteiger partial charge in [0.25, 0.3) is 0 Å². The van der Waals surface area contributed by atoms with Gasteiger partial charge in [-0.1, -0.05) is 19.3 Å². The molecule has 2 aliphatic carbocycles. The highest BCUT2D eigenvalue weighted by Gasteiger charge is 2.69. The van der Waals surface area contributed by atoms with E-state index in [1.807, 2.05) is 26.3 Å². The van der Waals surface area contributed by atoms with Crippen LogP contribution in [0.15, 0.2) is 0 Å². The molecule has 0 radical (unpaired) electrons. The van der Waals surface area contributed by atoms with Crippen molar-refractivity contribution in [1.29, 1.82) is 5.41 Å². The van der Waals surface area contributed by atoms with Gasteiger partial charge in [-0.15, -0.1) is 0 Å². The van der Waals surface area contributed by atoms with E-state index in [0.717, 1.165) is 32.1 Å². The fraction of sp³-hybridized carbons (Fsp3) is 0.867. The molecule has 2 saturated carbocycles. The maximum absolute atomic E-state index is 11.8. The van der Waals surface area contributed by atoms with E-state index >= 15 is 0 Å². The van der Waals surface area contributed by atoms with Gasteiger partial charge in [-0.05, 0) is 45.4 Å². The Bertz CT molecular complexity index is 424. The highest BCUT2D eigenvalue weighted by molar-refractivity contribution is 5.89. The lowest BCUT2D eigenvalue weighted by Crippen LogP contribution is -2.44. The van der Waals surface area contributed by atoms with Crippen LogP contribution in [0.2, 0.25) is 0 Å². The van der Waals surface area contributed by atoms with Gasteiger partial charge in [0, 0.05) is 6.54 Å². The Kier molecular flexibility index (Phi) is 4.19. The number of alkyl carbamates (subject to hydrolysis) is 1. The van der Waals surface area contributed by atoms with Crippen LogP contribution >= 0.6 is 0 Å². The van der Waals surface area contributed by atoms with E-state index in [1.165, 1.54) is 6.42 Å². The third-order valence-electron chi connectivity index (χ3n) is 4.86. The molecule has 0 heterocycles. The van der Waals surface area contributed by atoms with Gasteiger partial charge < -0.3 is 10.1 Å². The number of amides is 1. The number of carbonyl (C=O) groups excluding carboxylic acids is 1. The van der Waals surface area contributed by atoms with Gasteiger partial charge in [-0.25, -0.2) is 4.79 Å². The maximum Gasteiger partial charge on any atom is 0.407 e. The molecule has 120 valence electrons. The molecule has 1 atom stereocenters. The van der Waals surface area contributed by atoms with Crippen molar-refractivity contribution in [3.63, 3.8) is 0 Å². The zero-order valence-corrected chi connectivity index (χ0v) is 13.2. The van der Waals surface area contributed by atoms with Gasteiger partial charge in [-0.3, -0.25) is 16.1 Å². The number of hydrogen-bond donors (Lipinski definition) is 4. The number of hydroxylamine groups is 1. The molecule has 2 fully saturated rings. The molecule has 0 saturated heterocycles. The molecule has 21 heavy (non-hydrogen) atoms. The SMILES string of the molecule is CC(C)(C)OC(=O)NCC1(C(=N)NO)CC12CCCCC2. The largest absolute Gasteiger partial charge is 0.444 e. The molecule has 0 aliphatic heterocycles. The second-order valence-corrected chi connectivity index (χ2v) is 7.44. The van der Waals surface area contributed by atoms with Gasteiger partial charge in [0.15, 0.2) is 0 Å². The van der Waals surface area contributed by atoms with Gasteiger partial charge >= 0.3 is 6.09 Å². The zero-order valence-electron chi connectivity index (χ0n) is 13.2. The van der Waals surface area contributed by atoms with Crippen LogP contribution in [0.3, 0.4) is 0 Å². The second-order valence-electron chi connectivity index (χ2n) is 7.44. The Balaban J connectivity index is 2.00. The first-order valence-electron chi connectivity index (χ1n) is 7.71. The van der Waals surface area contributed by atoms with Gasteiger partial charge in [-0.2, -0.15) is 0 Å². The van der Waals surface area contributed by atoms with Gasteiger partial charge in [0.2, 0.25) is 0 Å². The lowest BCUT2D eigenvalue weighted by molar-refractivity contribution is 0.0515. The number of hydrogen-bond acceptors (Lipinski definition) is 4. The zero-order chi connectivity index (χ0) is 15.7. The van der Waals surface area contributed by atoms with Crippen LogP contribution in [0.1, 0.15) is 59.3 Å². The molecule has 0 bridgehead atoms. The van der Waals surface area contributed by atoms with Crippen molar-refractivity contribution in [2.75, 3.05) is 6.54 Å². The summed E-state index contributed by atoms with van der Waals surface area (Å²) in [6.45, 7) is 5.80. The van der Waals surface area contributed by atoms with Crippen LogP contribution in [0.5, 0.6) is 0 Å². The predicted octanol–water partition coefficient (Wildman–Crippen LogP) is 2.81. The average Bonchev–Trinajstić information content (AvgIpc) is 3.02. The van der Waals surface area contributed by atoms with Crippen LogP contribution in [0.25, 0.3) is 0 Å². The fourth-order valence-corrected chi connectivity index (χ4v) is 3.75. The molecule has 2 rings (SSSR count). The van der Waals surface area contributed by atoms with Crippen LogP contribution in [-0.2, 0) is 4.74 Å². The third kappa shape index (κ3) is 3.15. The molecule has 6 heteroatoms. The Labute approximate surface area is 126 Å². The molecular formula is C15H27N3O3. The van der Waals surface area contributed by atoms with Crippen LogP contribution < -0.4 is 10.8 Å². The molecular weight excluding hydrogens is 270 g/mol. The summed E-state index contributed by atoms with van der Waals surface area (Å²) in [6, 6.07) is 0. The van der Waals surface area contributed by atoms with E-state index in [-0.39, 0.29) is 11.3 Å². The van der Waals surface area contributed by atoms with E-state index in [4.69, 9.17) is 15.4 Å². The Morgan fingerprint density at radius 3 is 2.43 bits per heavy atom. The Morgan fingerprint density at radius 2 is 1.90 bits per heavy atom. The van der Waals surface area contributed by atoms with E-state index in [1.54, 1.807) is 0 Å². The molecule has 1 spiro atoms. The number of ether oxygens (including phenoxy) is 1. The van der Waals surface area contributed by atoms with Gasteiger partial charge in [0.05, 0.1) is 5.41 Å². The van der Waals surface area contributed by atoms with Crippen molar-refractivity contribution in [2.45, 2.75) is 64.9 Å². The summed E-state index contributed by atoms with van der Waals surface area (Å²) in [4.78, 5) is 11.8. The van der Waals surface area contributed by atoms with Gasteiger partial charge in [0.1, 0.15) is 11.4 Å². The van der Waals surface area contributed by atoms with Crippen LogP contribution in [-0.4, -0.2) is 29.3 Å². The molecule has 2 aliphatic rings. The minimum atomic E-state index is -0.536. The van der Waals surface area contributed by atoms with Crippen molar-refractivity contribution in [3.8, 4) is 0 Å². The second kappa shape index (κ2) is 5.48. The summed E-state index contributed by atoms with van der Waals surface area (Å²) in [6.07, 6.45) is 6.06. The average molecular weight is 297 g/mol. The van der Waals surface area contributed by atoms with E-state index < -0.39 is 17.1 Å². The fourth-order valence-electron chi connectivity index (χ4n) is 3.75. The smallest absolute Gasteiger partial charge is 0.407 e. The standard InChI is InChI=1S/C15H27N3O3/c1-13(2,3)21-12(19)17-10-15(11(16)18-20)9-14(15)7-5-4-6-8-14/h20H,4-10H2,1-3H3,(H2,16,18)(H,17,19). The molecule has 1 amide bonds. The summed E-state index contributed by atoms with van der Waals surface area (Å²) in [5.41, 5.74) is 1.07. The molecule has 6 nitrogen and oxygen atoms in total. The van der Waals surface area contributed by atoms with E-state index in [9.17, 15) is 4.79 Å². The predicted molar refractivity (Wildman–Crippen MR) is 79.5 cm³/mol. The third-order valence-corrected chi connectivity index (χ3v) is 4.86. The molecule has 0 aromatic rings. The lowest BCUT2D eigenvalue weighted by Gasteiger charge is -2.30. The molecule has 0 aromatic heterocycles. The molecule has 1 unspecified atom stereocenters. The molecule has 4 N–H and O–H groups in total. The number of amidine groups is 1. The first kappa shape index (κ1) is 16.1. The summed E-state index contributed by atoms with van der Waals surface area (Å²) < 4.78 is 5.25. The summed E-state index contributed by atoms with van der Waals surface area (Å²) in [7, 11) is 0. The summed E-state index contributed by atoms with van der Waals surface area (Å²) in [5.74, 6) is 0.112. The highest BCUT2D eigenvalue weighted by Crippen LogP contribution is 2.70. The maximum atomic E-state index is 11.8. The minimum absolute atomic E-state index is 0.0626. The van der Waals surface area contributed by atoms with Crippen molar-refractivity contribution in [3.05, 3.63) is 0 Å². The Hall–Kier alpha value is -1.30. The minimum Gasteiger partial charge on any atom is -0.444 e. The van der Waals surface area contributed by atoms with Crippen molar-refractivity contribution >= 4 is 11.9 Å². The van der Waals surface area contributed by atoms with Crippen molar-refractivity contribution < 1.29 is 14.7 Å². The van der Waals surface area contributed by atoms with Crippen molar-refractivity contribution in [1.82, 2.24) is 10.8 Å². The van der Waals surface area contributed by atoms with E-state index in [0.29, 0.717) is 6.54 Å². The number of carbonyl (C=O) groups is 1. The molecule has 0 aromatic carbocycles. The first-order valence-corrected chi connectivity index (χ1v) is 7.71. The lowest BCUT2D eigenvalue weighted by atomic mass is 9.79. The quantitative estimate of drug-likeness (QED) is 0.366. The van der Waals surface area contributed by atoms with Crippen LogP contribution in [0, 0.1) is 16.2 Å². The first-order chi connectivity index (χ1) is 9.75. The number of nitrogens with one attached hydrogen (secondary N) is 3. The monoisotopic (exact) mass is 297 g/mol. The number of rotatable bonds is 3. The topological polar surface area (TPSA) is 94.4 Å². The summed E-state index contributed by atoms with van der Waals surface area (Å²) in [5, 5.41) is 20.0. The summed E-state index contributed by atoms with van der Waals surface area (Å²) >= 11 is 0. The highest BCUT2D eigenvalue weighted by atomic mass is 16.6.